The summed E-state index contributed by atoms with van der Waals surface area (Å²) in [6.07, 6.45) is 2.73. The Balaban J connectivity index is 1.44. The number of benzene rings is 2. The van der Waals surface area contributed by atoms with Crippen molar-refractivity contribution in [3.63, 3.8) is 0 Å². The Labute approximate surface area is 176 Å². The molecule has 1 aliphatic heterocycles. The highest BCUT2D eigenvalue weighted by atomic mass is 16.6. The molecule has 7 nitrogen and oxygen atoms in total. The van der Waals surface area contributed by atoms with Gasteiger partial charge in [0, 0.05) is 24.5 Å². The zero-order valence-electron chi connectivity index (χ0n) is 17.0. The van der Waals surface area contributed by atoms with Gasteiger partial charge in [0.05, 0.1) is 11.6 Å². The molecule has 0 aliphatic carbocycles. The second-order valence-corrected chi connectivity index (χ2v) is 7.14. The predicted molar refractivity (Wildman–Crippen MR) is 113 cm³/mol. The van der Waals surface area contributed by atoms with Crippen molar-refractivity contribution in [2.75, 3.05) is 29.9 Å². The third-order valence-electron chi connectivity index (χ3n) is 4.87. The van der Waals surface area contributed by atoms with E-state index in [2.05, 4.69) is 10.2 Å². The van der Waals surface area contributed by atoms with Crippen LogP contribution >= 0.6 is 0 Å². The molecule has 0 bridgehead atoms. The molecule has 7 heteroatoms. The average Bonchev–Trinajstić information content (AvgIpc) is 2.79. The Morgan fingerprint density at radius 3 is 2.37 bits per heavy atom. The zero-order valence-corrected chi connectivity index (χ0v) is 17.0. The number of esters is 1. The first-order valence-electron chi connectivity index (χ1n) is 10.0. The lowest BCUT2D eigenvalue weighted by atomic mass is 10.1. The van der Waals surface area contributed by atoms with Gasteiger partial charge in [-0.15, -0.1) is 0 Å². The van der Waals surface area contributed by atoms with Crippen LogP contribution in [0.25, 0.3) is 0 Å². The van der Waals surface area contributed by atoms with Crippen LogP contribution in [0.1, 0.15) is 31.7 Å². The number of ether oxygens (including phenoxy) is 2. The van der Waals surface area contributed by atoms with Crippen LogP contribution in [0, 0.1) is 11.3 Å². The molecular formula is C23H25N3O4. The SMILES string of the molecule is C[C@@H](OC(=O)COc1ccc(C#N)cc1)C(=O)Nc1ccc(N2CCCCC2)cc1. The second-order valence-electron chi connectivity index (χ2n) is 7.14. The van der Waals surface area contributed by atoms with Crippen LogP contribution < -0.4 is 15.0 Å². The van der Waals surface area contributed by atoms with Crippen LogP contribution in [-0.2, 0) is 14.3 Å². The maximum Gasteiger partial charge on any atom is 0.344 e. The standard InChI is InChI=1S/C23H25N3O4/c1-17(30-22(27)16-29-21-11-5-18(15-24)6-12-21)23(28)25-19-7-9-20(10-8-19)26-13-3-2-4-14-26/h5-12,17H,2-4,13-14,16H2,1H3,(H,25,28)/t17-/m1/s1. The molecule has 0 spiro atoms. The molecule has 1 saturated heterocycles. The fourth-order valence-corrected chi connectivity index (χ4v) is 3.20. The van der Waals surface area contributed by atoms with E-state index in [4.69, 9.17) is 14.7 Å². The van der Waals surface area contributed by atoms with Crippen molar-refractivity contribution in [3.8, 4) is 11.8 Å². The van der Waals surface area contributed by atoms with Gasteiger partial charge in [0.1, 0.15) is 5.75 Å². The van der Waals surface area contributed by atoms with Crippen LogP contribution in [0.2, 0.25) is 0 Å². The Kier molecular flexibility index (Phi) is 7.28. The molecule has 0 aromatic heterocycles. The summed E-state index contributed by atoms with van der Waals surface area (Å²) in [5, 5.41) is 11.5. The van der Waals surface area contributed by atoms with E-state index in [1.54, 1.807) is 24.3 Å². The van der Waals surface area contributed by atoms with Crippen LogP contribution in [0.4, 0.5) is 11.4 Å². The van der Waals surface area contributed by atoms with E-state index in [9.17, 15) is 9.59 Å². The highest BCUT2D eigenvalue weighted by Gasteiger charge is 2.19. The average molecular weight is 407 g/mol. The summed E-state index contributed by atoms with van der Waals surface area (Å²) >= 11 is 0. The Morgan fingerprint density at radius 1 is 1.07 bits per heavy atom. The number of nitrogens with one attached hydrogen (secondary N) is 1. The fraction of sp³-hybridized carbons (Fsp3) is 0.348. The van der Waals surface area contributed by atoms with Gasteiger partial charge in [-0.25, -0.2) is 4.79 Å². The number of anilines is 2. The van der Waals surface area contributed by atoms with Crippen LogP contribution in [0.15, 0.2) is 48.5 Å². The molecular weight excluding hydrogens is 382 g/mol. The first kappa shape index (κ1) is 21.2. The van der Waals surface area contributed by atoms with Crippen molar-refractivity contribution >= 4 is 23.3 Å². The van der Waals surface area contributed by atoms with Crippen LogP contribution in [0.5, 0.6) is 5.75 Å². The van der Waals surface area contributed by atoms with Gasteiger partial charge in [-0.1, -0.05) is 0 Å². The normalized spacial score (nSPS) is 14.3. The molecule has 1 N–H and O–H groups in total. The third kappa shape index (κ3) is 5.98. The summed E-state index contributed by atoms with van der Waals surface area (Å²) in [7, 11) is 0. The summed E-state index contributed by atoms with van der Waals surface area (Å²) < 4.78 is 10.5. The minimum absolute atomic E-state index is 0.325. The van der Waals surface area contributed by atoms with Gasteiger partial charge < -0.3 is 19.7 Å². The van der Waals surface area contributed by atoms with E-state index in [1.165, 1.54) is 26.2 Å². The van der Waals surface area contributed by atoms with Crippen molar-refractivity contribution in [1.82, 2.24) is 0 Å². The number of nitriles is 1. The molecule has 0 unspecified atom stereocenters. The molecule has 1 amide bonds. The van der Waals surface area contributed by atoms with Gasteiger partial charge in [-0.2, -0.15) is 5.26 Å². The van der Waals surface area contributed by atoms with Gasteiger partial charge in [0.2, 0.25) is 0 Å². The number of hydrogen-bond donors (Lipinski definition) is 1. The molecule has 1 atom stereocenters. The zero-order chi connectivity index (χ0) is 21.3. The van der Waals surface area contributed by atoms with Gasteiger partial charge in [0.25, 0.3) is 5.91 Å². The maximum atomic E-state index is 12.3. The van der Waals surface area contributed by atoms with E-state index in [-0.39, 0.29) is 6.61 Å². The Hall–Kier alpha value is -3.53. The molecule has 1 aliphatic rings. The topological polar surface area (TPSA) is 91.7 Å². The molecule has 1 fully saturated rings. The van der Waals surface area contributed by atoms with Gasteiger partial charge in [0.15, 0.2) is 12.7 Å². The molecule has 30 heavy (non-hydrogen) atoms. The van der Waals surface area contributed by atoms with E-state index in [0.717, 1.165) is 18.8 Å². The third-order valence-corrected chi connectivity index (χ3v) is 4.87. The van der Waals surface area contributed by atoms with Gasteiger partial charge in [-0.05, 0) is 74.7 Å². The predicted octanol–water partition coefficient (Wildman–Crippen LogP) is 3.50. The largest absolute Gasteiger partial charge is 0.482 e. The molecule has 3 rings (SSSR count). The first-order chi connectivity index (χ1) is 14.5. The molecule has 1 heterocycles. The number of hydrogen-bond acceptors (Lipinski definition) is 6. The second kappa shape index (κ2) is 10.3. The number of amides is 1. The minimum atomic E-state index is -0.955. The Morgan fingerprint density at radius 2 is 1.73 bits per heavy atom. The van der Waals surface area contributed by atoms with Crippen molar-refractivity contribution in [3.05, 3.63) is 54.1 Å². The van der Waals surface area contributed by atoms with Crippen LogP contribution in [0.3, 0.4) is 0 Å². The van der Waals surface area contributed by atoms with Gasteiger partial charge in [-0.3, -0.25) is 4.79 Å². The highest BCUT2D eigenvalue weighted by Crippen LogP contribution is 2.22. The van der Waals surface area contributed by atoms with Crippen molar-refractivity contribution < 1.29 is 19.1 Å². The van der Waals surface area contributed by atoms with E-state index < -0.39 is 18.0 Å². The summed E-state index contributed by atoms with van der Waals surface area (Å²) in [6, 6.07) is 16.1. The number of carbonyl (C=O) groups excluding carboxylic acids is 2. The van der Waals surface area contributed by atoms with E-state index >= 15 is 0 Å². The van der Waals surface area contributed by atoms with Crippen molar-refractivity contribution in [2.24, 2.45) is 0 Å². The lowest BCUT2D eigenvalue weighted by Gasteiger charge is -2.28. The van der Waals surface area contributed by atoms with Crippen molar-refractivity contribution in [2.45, 2.75) is 32.3 Å². The van der Waals surface area contributed by atoms with E-state index in [0.29, 0.717) is 17.0 Å². The summed E-state index contributed by atoms with van der Waals surface area (Å²) in [5.74, 6) is -0.619. The monoisotopic (exact) mass is 407 g/mol. The molecule has 0 saturated carbocycles. The maximum absolute atomic E-state index is 12.3. The summed E-state index contributed by atoms with van der Waals surface area (Å²) in [6.45, 7) is 3.30. The lowest BCUT2D eigenvalue weighted by molar-refractivity contribution is -0.155. The fourth-order valence-electron chi connectivity index (χ4n) is 3.20. The Bertz CT molecular complexity index is 898. The number of piperidine rings is 1. The highest BCUT2D eigenvalue weighted by molar-refractivity contribution is 5.95. The lowest BCUT2D eigenvalue weighted by Crippen LogP contribution is -2.31. The van der Waals surface area contributed by atoms with E-state index in [1.807, 2.05) is 30.3 Å². The number of rotatable bonds is 7. The number of nitrogens with zero attached hydrogens (tertiary/aromatic N) is 2. The molecule has 0 radical (unpaired) electrons. The van der Waals surface area contributed by atoms with Gasteiger partial charge >= 0.3 is 5.97 Å². The molecule has 2 aromatic carbocycles. The number of carbonyl (C=O) groups is 2. The molecule has 156 valence electrons. The van der Waals surface area contributed by atoms with Crippen LogP contribution in [-0.4, -0.2) is 37.7 Å². The summed E-state index contributed by atoms with van der Waals surface area (Å²) in [4.78, 5) is 26.6. The first-order valence-corrected chi connectivity index (χ1v) is 10.0. The minimum Gasteiger partial charge on any atom is -0.482 e. The smallest absolute Gasteiger partial charge is 0.344 e. The van der Waals surface area contributed by atoms with Crippen molar-refractivity contribution in [1.29, 1.82) is 5.26 Å². The quantitative estimate of drug-likeness (QED) is 0.707. The summed E-state index contributed by atoms with van der Waals surface area (Å²) in [5.41, 5.74) is 2.30. The molecule has 2 aromatic rings.